The Hall–Kier alpha value is -1.59. The summed E-state index contributed by atoms with van der Waals surface area (Å²) in [6.07, 6.45) is 64.2. The van der Waals surface area contributed by atoms with Crippen molar-refractivity contribution in [3.05, 3.63) is 36.5 Å². The normalized spacial score (nSPS) is 19.2. The van der Waals surface area contributed by atoms with Crippen molar-refractivity contribution in [1.29, 1.82) is 0 Å². The first-order valence-electron chi connectivity index (χ1n) is 31.7. The molecule has 430 valence electrons. The molecule has 1 saturated heterocycles. The fourth-order valence-electron chi connectivity index (χ4n) is 10.2. The van der Waals surface area contributed by atoms with Crippen LogP contribution in [0.2, 0.25) is 0 Å². The molecule has 1 rings (SSSR count). The summed E-state index contributed by atoms with van der Waals surface area (Å²) in [5.41, 5.74) is 0. The third-order valence-electron chi connectivity index (χ3n) is 15.2. The molecule has 6 N–H and O–H groups in total. The van der Waals surface area contributed by atoms with Crippen molar-refractivity contribution < 1.29 is 39.8 Å². The number of aliphatic hydroxyl groups is 5. The van der Waals surface area contributed by atoms with Gasteiger partial charge < -0.3 is 40.3 Å². The monoisotopic (exact) mass is 1030 g/mol. The van der Waals surface area contributed by atoms with Gasteiger partial charge in [-0.05, 0) is 57.8 Å². The number of ether oxygens (including phenoxy) is 2. The summed E-state index contributed by atoms with van der Waals surface area (Å²) in [5.74, 6) is -0.183. The molecule has 9 nitrogen and oxygen atoms in total. The van der Waals surface area contributed by atoms with E-state index in [0.717, 1.165) is 38.5 Å². The number of nitrogens with one attached hydrogen (secondary N) is 1. The molecule has 0 radical (unpaired) electrons. The second kappa shape index (κ2) is 53.8. The van der Waals surface area contributed by atoms with Gasteiger partial charge in [-0.25, -0.2) is 0 Å². The van der Waals surface area contributed by atoms with Crippen LogP contribution in [0.25, 0.3) is 0 Å². The molecular formula is C64H121NO8. The number of allylic oxidation sites excluding steroid dienone is 5. The van der Waals surface area contributed by atoms with Crippen molar-refractivity contribution >= 4 is 5.91 Å². The lowest BCUT2D eigenvalue weighted by Gasteiger charge is -2.40. The molecule has 1 aliphatic rings. The number of aliphatic hydroxyl groups excluding tert-OH is 5. The maximum Gasteiger partial charge on any atom is 0.220 e. The summed E-state index contributed by atoms with van der Waals surface area (Å²) in [6.45, 7) is 3.75. The van der Waals surface area contributed by atoms with Crippen LogP contribution in [0.1, 0.15) is 309 Å². The van der Waals surface area contributed by atoms with Crippen molar-refractivity contribution in [1.82, 2.24) is 5.32 Å². The predicted octanol–water partition coefficient (Wildman–Crippen LogP) is 16.3. The van der Waals surface area contributed by atoms with E-state index < -0.39 is 49.5 Å². The largest absolute Gasteiger partial charge is 0.394 e. The zero-order valence-electron chi connectivity index (χ0n) is 47.9. The standard InChI is InChI=1S/C64H121NO8/c1-3-5-7-9-11-13-15-16-17-18-19-20-21-22-23-24-25-26-27-28-29-30-31-32-33-34-35-36-37-38-39-40-41-42-44-46-48-50-52-54-60(68)65-57(56-72-64-63(71)62(70)61(69)59(55-66)73-64)58(67)53-51-49-47-45-43-14-12-10-8-6-4-2/h18-19,43,45,51,53,57-59,61-64,66-67,69-71H,3-17,20-42,44,46-50,52,54-56H2,1-2H3,(H,65,68)/b19-18-,45-43+,53-51+. The molecular weight excluding hydrogens is 911 g/mol. The van der Waals surface area contributed by atoms with E-state index in [9.17, 15) is 30.3 Å². The summed E-state index contributed by atoms with van der Waals surface area (Å²) in [7, 11) is 0. The van der Waals surface area contributed by atoms with Gasteiger partial charge in [-0.2, -0.15) is 0 Å². The number of unbranched alkanes of at least 4 members (excludes halogenated alkanes) is 41. The molecule has 73 heavy (non-hydrogen) atoms. The molecule has 0 aromatic rings. The van der Waals surface area contributed by atoms with Crippen LogP contribution >= 0.6 is 0 Å². The van der Waals surface area contributed by atoms with E-state index in [1.807, 2.05) is 6.08 Å². The van der Waals surface area contributed by atoms with E-state index in [2.05, 4.69) is 43.5 Å². The molecule has 0 aromatic heterocycles. The Morgan fingerprint density at radius 2 is 0.781 bits per heavy atom. The second-order valence-electron chi connectivity index (χ2n) is 22.2. The topological polar surface area (TPSA) is 149 Å². The third kappa shape index (κ3) is 43.1. The van der Waals surface area contributed by atoms with Gasteiger partial charge in [-0.1, -0.05) is 281 Å². The fraction of sp³-hybridized carbons (Fsp3) is 0.891. The van der Waals surface area contributed by atoms with Crippen molar-refractivity contribution in [2.24, 2.45) is 0 Å². The van der Waals surface area contributed by atoms with E-state index in [4.69, 9.17) is 9.47 Å². The van der Waals surface area contributed by atoms with Crippen LogP contribution in [-0.4, -0.2) is 87.5 Å². The van der Waals surface area contributed by atoms with E-state index in [1.54, 1.807) is 6.08 Å². The van der Waals surface area contributed by atoms with Gasteiger partial charge in [-0.15, -0.1) is 0 Å². The minimum absolute atomic E-state index is 0.183. The number of amides is 1. The van der Waals surface area contributed by atoms with Gasteiger partial charge >= 0.3 is 0 Å². The average molecular weight is 1030 g/mol. The maximum atomic E-state index is 13.0. The predicted molar refractivity (Wildman–Crippen MR) is 309 cm³/mol. The quantitative estimate of drug-likeness (QED) is 0.0261. The van der Waals surface area contributed by atoms with Crippen LogP contribution in [0.5, 0.6) is 0 Å². The zero-order valence-corrected chi connectivity index (χ0v) is 47.9. The molecule has 1 fully saturated rings. The molecule has 9 heteroatoms. The second-order valence-corrected chi connectivity index (χ2v) is 22.2. The van der Waals surface area contributed by atoms with Gasteiger partial charge in [0.2, 0.25) is 5.91 Å². The van der Waals surface area contributed by atoms with Gasteiger partial charge in [-0.3, -0.25) is 4.79 Å². The molecule has 1 heterocycles. The number of carbonyl (C=O) groups excluding carboxylic acids is 1. The number of rotatable bonds is 55. The summed E-state index contributed by atoms with van der Waals surface area (Å²) < 4.78 is 11.2. The highest BCUT2D eigenvalue weighted by molar-refractivity contribution is 5.76. The first-order chi connectivity index (χ1) is 35.8. The summed E-state index contributed by atoms with van der Waals surface area (Å²) in [4.78, 5) is 13.0. The Bertz CT molecular complexity index is 1240. The summed E-state index contributed by atoms with van der Waals surface area (Å²) in [5, 5.41) is 54.3. The molecule has 0 bridgehead atoms. The highest BCUT2D eigenvalue weighted by atomic mass is 16.7. The molecule has 0 saturated carbocycles. The van der Waals surface area contributed by atoms with E-state index >= 15 is 0 Å². The Balaban J connectivity index is 2.00. The summed E-state index contributed by atoms with van der Waals surface area (Å²) in [6, 6.07) is -0.818. The van der Waals surface area contributed by atoms with E-state index in [1.165, 1.54) is 250 Å². The van der Waals surface area contributed by atoms with Crippen molar-refractivity contribution in [3.8, 4) is 0 Å². The lowest BCUT2D eigenvalue weighted by Crippen LogP contribution is -2.60. The number of carbonyl (C=O) groups is 1. The Morgan fingerprint density at radius 1 is 0.452 bits per heavy atom. The van der Waals surface area contributed by atoms with Gasteiger partial charge in [0.25, 0.3) is 0 Å². The minimum Gasteiger partial charge on any atom is -0.394 e. The minimum atomic E-state index is -1.57. The van der Waals surface area contributed by atoms with Crippen LogP contribution in [0.4, 0.5) is 0 Å². The zero-order chi connectivity index (χ0) is 52.9. The van der Waals surface area contributed by atoms with Gasteiger partial charge in [0.1, 0.15) is 24.4 Å². The van der Waals surface area contributed by atoms with Crippen molar-refractivity contribution in [2.75, 3.05) is 13.2 Å². The Morgan fingerprint density at radius 3 is 1.15 bits per heavy atom. The third-order valence-corrected chi connectivity index (χ3v) is 15.2. The van der Waals surface area contributed by atoms with Crippen LogP contribution in [0.15, 0.2) is 36.5 Å². The molecule has 0 aromatic carbocycles. The average Bonchev–Trinajstić information content (AvgIpc) is 3.39. The van der Waals surface area contributed by atoms with Crippen LogP contribution < -0.4 is 5.32 Å². The summed E-state index contributed by atoms with van der Waals surface area (Å²) >= 11 is 0. The maximum absolute atomic E-state index is 13.0. The van der Waals surface area contributed by atoms with Gasteiger partial charge in [0, 0.05) is 6.42 Å². The van der Waals surface area contributed by atoms with E-state index in [0.29, 0.717) is 6.42 Å². The Labute approximate surface area is 451 Å². The van der Waals surface area contributed by atoms with Crippen LogP contribution in [0, 0.1) is 0 Å². The van der Waals surface area contributed by atoms with Gasteiger partial charge in [0.15, 0.2) is 6.29 Å². The van der Waals surface area contributed by atoms with Crippen LogP contribution in [-0.2, 0) is 14.3 Å². The lowest BCUT2D eigenvalue weighted by atomic mass is 9.99. The first kappa shape index (κ1) is 69.4. The molecule has 7 atom stereocenters. The smallest absolute Gasteiger partial charge is 0.220 e. The van der Waals surface area contributed by atoms with Crippen LogP contribution in [0.3, 0.4) is 0 Å². The highest BCUT2D eigenvalue weighted by Gasteiger charge is 2.44. The molecule has 0 aliphatic carbocycles. The van der Waals surface area contributed by atoms with Crippen molar-refractivity contribution in [2.45, 2.75) is 352 Å². The fourth-order valence-corrected chi connectivity index (χ4v) is 10.2. The SMILES string of the molecule is CCCCCCC/C=C/CC/C=C/C(O)C(COC1OC(CO)C(O)C(O)C1O)NC(=O)CCCCCCCCCCCCCCCCCCCCCCCCCCCCC/C=C\CCCCCCCCCC. The number of hydrogen-bond acceptors (Lipinski definition) is 8. The first-order valence-corrected chi connectivity index (χ1v) is 31.7. The van der Waals surface area contributed by atoms with Crippen molar-refractivity contribution in [3.63, 3.8) is 0 Å². The lowest BCUT2D eigenvalue weighted by molar-refractivity contribution is -0.302. The number of hydrogen-bond donors (Lipinski definition) is 6. The Kier molecular flexibility index (Phi) is 51.2. The van der Waals surface area contributed by atoms with Gasteiger partial charge in [0.05, 0.1) is 25.4 Å². The highest BCUT2D eigenvalue weighted by Crippen LogP contribution is 2.23. The molecule has 1 amide bonds. The molecule has 0 spiro atoms. The molecule has 7 unspecified atom stereocenters. The van der Waals surface area contributed by atoms with E-state index in [-0.39, 0.29) is 12.5 Å². The molecule has 1 aliphatic heterocycles.